The Kier molecular flexibility index (Phi) is 419. The van der Waals surface area contributed by atoms with Crippen LogP contribution in [0.1, 0.15) is 0 Å². The van der Waals surface area contributed by atoms with Crippen molar-refractivity contribution in [2.75, 3.05) is 0 Å². The van der Waals surface area contributed by atoms with Crippen molar-refractivity contribution in [1.29, 1.82) is 0 Å². The van der Waals surface area contributed by atoms with Gasteiger partial charge in [0.25, 0.3) is 0 Å². The first-order valence-electron chi connectivity index (χ1n) is 0. The molecule has 0 bridgehead atoms. The number of hydrogen-bond donors (Lipinski definition) is 0. The predicted octanol–water partition coefficient (Wildman–Crippen LogP) is -16.6. The van der Waals surface area contributed by atoms with Crippen LogP contribution < -0.4 is 120 Å². The summed E-state index contributed by atoms with van der Waals surface area (Å²) in [6.07, 6.45) is 0. The van der Waals surface area contributed by atoms with Gasteiger partial charge in [-0.05, 0) is 0 Å². The van der Waals surface area contributed by atoms with Crippen LogP contribution in [0.25, 0.3) is 0 Å². The summed E-state index contributed by atoms with van der Waals surface area (Å²) in [5.41, 5.74) is 0. The molecule has 0 saturated carbocycles. The van der Waals surface area contributed by atoms with Crippen LogP contribution >= 0.6 is 0 Å². The molecule has 0 aliphatic carbocycles. The molecule has 0 saturated heterocycles. The molecule has 50 valence electrons. The van der Waals surface area contributed by atoms with Gasteiger partial charge in [-0.15, -0.1) is 0 Å². The van der Waals surface area contributed by atoms with Crippen LogP contribution in [0.5, 0.6) is 0 Å². The SMILES string of the molecule is [Bi+3].[I-].[I-].[I-].[I-].[I-].[OH4+2]. The van der Waals surface area contributed by atoms with Gasteiger partial charge in [-0.2, -0.15) is 0 Å². The average Bonchev–Trinajstić information content (AvgIpc) is 0. The van der Waals surface area contributed by atoms with Crippen molar-refractivity contribution >= 4 is 26.2 Å². The van der Waals surface area contributed by atoms with E-state index in [0.29, 0.717) is 0 Å². The minimum absolute atomic E-state index is 0. The normalized spacial score (nSPS) is 0. The molecule has 0 aromatic heterocycles. The first kappa shape index (κ1) is 62.7. The summed E-state index contributed by atoms with van der Waals surface area (Å²) >= 11 is 0. The standard InChI is InChI=1S/Bi.5HI.H4O/h;5*1H;1H4/q+3;;;;;;+2/p-5. The monoisotopic (exact) mass is 864 g/mol. The molecule has 7 heavy (non-hydrogen) atoms. The van der Waals surface area contributed by atoms with Crippen LogP contribution in [0.15, 0.2) is 0 Å². The van der Waals surface area contributed by atoms with E-state index in [0.717, 1.165) is 0 Å². The van der Waals surface area contributed by atoms with Gasteiger partial charge in [-0.3, -0.25) is 0 Å². The fraction of sp³-hybridized carbons (Fsp3) is 0. The Morgan fingerprint density at radius 2 is 0.429 bits per heavy atom. The summed E-state index contributed by atoms with van der Waals surface area (Å²) in [4.78, 5) is 0. The molecule has 7 heteroatoms. The Hall–Kier alpha value is 4.49. The van der Waals surface area contributed by atoms with Crippen molar-refractivity contribution in [2.45, 2.75) is 0 Å². The third-order valence-corrected chi connectivity index (χ3v) is 0. The van der Waals surface area contributed by atoms with E-state index in [2.05, 4.69) is 0 Å². The average molecular weight is 864 g/mol. The number of hydrogen-bond acceptors (Lipinski definition) is 0. The summed E-state index contributed by atoms with van der Waals surface area (Å²) < 4.78 is 0. The summed E-state index contributed by atoms with van der Waals surface area (Å²) in [5.74, 6) is 0. The maximum atomic E-state index is 0. The van der Waals surface area contributed by atoms with Gasteiger partial charge in [0.05, 0.1) is 0 Å². The van der Waals surface area contributed by atoms with Gasteiger partial charge >= 0.3 is 26.2 Å². The smallest absolute Gasteiger partial charge is 1.00 e. The van der Waals surface area contributed by atoms with Crippen molar-refractivity contribution in [3.05, 3.63) is 0 Å². The largest absolute Gasteiger partial charge is 3.00 e. The molecule has 0 rings (SSSR count). The molecule has 1 nitrogen and oxygen atoms in total. The molecular weight excluding hydrogens is 859 g/mol. The molecule has 0 spiro atoms. The van der Waals surface area contributed by atoms with Crippen LogP contribution in [-0.2, 0) is 5.48 Å². The third-order valence-electron chi connectivity index (χ3n) is 0. The Morgan fingerprint density at radius 1 is 0.429 bits per heavy atom. The molecule has 0 aliphatic heterocycles. The van der Waals surface area contributed by atoms with Crippen LogP contribution in [0, 0.1) is 0 Å². The van der Waals surface area contributed by atoms with Gasteiger partial charge < -0.3 is 125 Å². The minimum Gasteiger partial charge on any atom is -1.00 e. The fourth-order valence-electron chi connectivity index (χ4n) is 0. The molecule has 0 heterocycles. The topological polar surface area (TPSA) is 34.5 Å². The number of halogens is 5. The van der Waals surface area contributed by atoms with Gasteiger partial charge in [0.1, 0.15) is 0 Å². The van der Waals surface area contributed by atoms with E-state index in [4.69, 9.17) is 0 Å². The van der Waals surface area contributed by atoms with E-state index in [1.54, 1.807) is 0 Å². The van der Waals surface area contributed by atoms with Crippen LogP contribution in [0.4, 0.5) is 0 Å². The van der Waals surface area contributed by atoms with E-state index >= 15 is 0 Å². The maximum Gasteiger partial charge on any atom is 3.00 e. The second-order valence-electron chi connectivity index (χ2n) is 0. The first-order chi connectivity index (χ1) is 0. The van der Waals surface area contributed by atoms with Crippen molar-refractivity contribution < 1.29 is 125 Å². The minimum atomic E-state index is 0. The predicted molar refractivity (Wildman–Crippen MR) is 12.0 cm³/mol. The maximum absolute atomic E-state index is 0. The van der Waals surface area contributed by atoms with E-state index in [-0.39, 0.29) is 152 Å². The summed E-state index contributed by atoms with van der Waals surface area (Å²) in [7, 11) is 0. The van der Waals surface area contributed by atoms with Gasteiger partial charge in [-0.1, -0.05) is 0 Å². The number of rotatable bonds is 0. The molecule has 0 amide bonds. The zero-order valence-corrected chi connectivity index (χ0v) is 17.3. The van der Waals surface area contributed by atoms with Gasteiger partial charge in [-0.25, -0.2) is 0 Å². The molecule has 0 aromatic rings. The van der Waals surface area contributed by atoms with Crippen molar-refractivity contribution in [2.24, 2.45) is 0 Å². The molecular formula is H4BiI5O. The summed E-state index contributed by atoms with van der Waals surface area (Å²) in [6, 6.07) is 0. The molecule has 0 aliphatic rings. The zero-order chi connectivity index (χ0) is 0. The Balaban J connectivity index is 0. The first-order valence-corrected chi connectivity index (χ1v) is 0. The molecule has 2 radical (unpaired) electrons. The van der Waals surface area contributed by atoms with Gasteiger partial charge in [0.2, 0.25) is 0 Å². The van der Waals surface area contributed by atoms with Crippen LogP contribution in [-0.4, -0.2) is 26.2 Å². The van der Waals surface area contributed by atoms with Gasteiger partial charge in [0.15, 0.2) is 0 Å². The van der Waals surface area contributed by atoms with Crippen molar-refractivity contribution in [1.82, 2.24) is 0 Å². The molecule has 0 aromatic carbocycles. The molecule has 0 atom stereocenters. The Labute approximate surface area is 148 Å². The van der Waals surface area contributed by atoms with E-state index in [1.165, 1.54) is 0 Å². The quantitative estimate of drug-likeness (QED) is 0.172. The summed E-state index contributed by atoms with van der Waals surface area (Å²) in [5, 5.41) is 0. The third kappa shape index (κ3) is 37.5. The van der Waals surface area contributed by atoms with Crippen LogP contribution in [0.3, 0.4) is 0 Å². The second-order valence-corrected chi connectivity index (χ2v) is 0. The van der Waals surface area contributed by atoms with E-state index in [9.17, 15) is 0 Å². The van der Waals surface area contributed by atoms with E-state index in [1.807, 2.05) is 0 Å². The second kappa shape index (κ2) is 46.8. The molecule has 0 fully saturated rings. The zero-order valence-electron chi connectivity index (χ0n) is 3.04. The van der Waals surface area contributed by atoms with Crippen molar-refractivity contribution in [3.63, 3.8) is 0 Å². The van der Waals surface area contributed by atoms with Gasteiger partial charge in [0, 0.05) is 0 Å². The van der Waals surface area contributed by atoms with E-state index < -0.39 is 0 Å². The Morgan fingerprint density at radius 3 is 0.429 bits per heavy atom. The molecule has 4 N–H and O–H groups in total. The fourth-order valence-corrected chi connectivity index (χ4v) is 0. The van der Waals surface area contributed by atoms with Crippen LogP contribution in [0.2, 0.25) is 0 Å². The summed E-state index contributed by atoms with van der Waals surface area (Å²) in [6.45, 7) is 0. The Bertz CT molecular complexity index is 8.04. The molecule has 0 unspecified atom stereocenters. The van der Waals surface area contributed by atoms with Crippen molar-refractivity contribution in [3.8, 4) is 0 Å².